The molecule has 0 heterocycles. The summed E-state index contributed by atoms with van der Waals surface area (Å²) in [6.45, 7) is 7.84. The van der Waals surface area contributed by atoms with Gasteiger partial charge in [-0.2, -0.15) is 0 Å². The van der Waals surface area contributed by atoms with Crippen LogP contribution in [0.25, 0.3) is 10.8 Å². The van der Waals surface area contributed by atoms with E-state index >= 15 is 0 Å². The quantitative estimate of drug-likeness (QED) is 0.314. The van der Waals surface area contributed by atoms with Crippen LogP contribution in [0.4, 0.5) is 0 Å². The molecule has 0 saturated heterocycles. The highest BCUT2D eigenvalue weighted by atomic mass is 16.5. The number of nitrogens with one attached hydrogen (secondary N) is 2. The molecule has 2 rings (SSSR count). The number of fused-ring (bicyclic) bond motifs is 1. The molecular formula is C28H41N3O5. The largest absolute Gasteiger partial charge is 0.469 e. The Morgan fingerprint density at radius 3 is 2.19 bits per heavy atom. The molecule has 0 fully saturated rings. The van der Waals surface area contributed by atoms with Gasteiger partial charge in [-0.1, -0.05) is 70.2 Å². The van der Waals surface area contributed by atoms with Gasteiger partial charge in [-0.15, -0.1) is 0 Å². The third-order valence-corrected chi connectivity index (χ3v) is 6.12. The fourth-order valence-corrected chi connectivity index (χ4v) is 4.28. The van der Waals surface area contributed by atoms with Crippen molar-refractivity contribution in [3.8, 4) is 0 Å². The van der Waals surface area contributed by atoms with Crippen LogP contribution >= 0.6 is 0 Å². The Hall–Kier alpha value is -2.97. The van der Waals surface area contributed by atoms with Crippen molar-refractivity contribution in [2.75, 3.05) is 7.11 Å². The Labute approximate surface area is 214 Å². The number of methoxy groups -OCH3 is 1. The van der Waals surface area contributed by atoms with Gasteiger partial charge in [0.1, 0.15) is 6.04 Å². The van der Waals surface area contributed by atoms with E-state index in [0.29, 0.717) is 19.3 Å². The fourth-order valence-electron chi connectivity index (χ4n) is 4.28. The molecule has 0 aromatic heterocycles. The number of ether oxygens (including phenoxy) is 1. The Kier molecular flexibility index (Phi) is 11.3. The van der Waals surface area contributed by atoms with Crippen molar-refractivity contribution in [1.29, 1.82) is 0 Å². The number of nitrogens with two attached hydrogens (primary N) is 1. The van der Waals surface area contributed by atoms with Gasteiger partial charge in [-0.25, -0.2) is 0 Å². The lowest BCUT2D eigenvalue weighted by atomic mass is 9.95. The molecule has 8 nitrogen and oxygen atoms in total. The lowest BCUT2D eigenvalue weighted by molar-refractivity contribution is -0.143. The van der Waals surface area contributed by atoms with Crippen molar-refractivity contribution in [2.45, 2.75) is 77.6 Å². The molecule has 0 aliphatic heterocycles. The molecule has 0 saturated carbocycles. The molecule has 2 aromatic rings. The van der Waals surface area contributed by atoms with Crippen molar-refractivity contribution in [3.63, 3.8) is 0 Å². The van der Waals surface area contributed by atoms with Gasteiger partial charge in [0.05, 0.1) is 31.7 Å². The number of aliphatic hydroxyl groups is 1. The summed E-state index contributed by atoms with van der Waals surface area (Å²) in [6, 6.07) is 11.5. The summed E-state index contributed by atoms with van der Waals surface area (Å²) >= 11 is 0. The number of benzene rings is 2. The lowest BCUT2D eigenvalue weighted by Crippen LogP contribution is -2.56. The van der Waals surface area contributed by atoms with E-state index in [1.165, 1.54) is 7.11 Å². The SMILES string of the molecule is COC(=O)C[C@H](O)[C@H](CC(C)C)NC(=O)[C@H](CC(C)C)NC(=O)[C@@H](N)Cc1cccc2ccccc12. The third-order valence-electron chi connectivity index (χ3n) is 6.12. The minimum atomic E-state index is -1.10. The van der Waals surface area contributed by atoms with Crippen molar-refractivity contribution < 1.29 is 24.2 Å². The normalized spacial score (nSPS) is 14.8. The van der Waals surface area contributed by atoms with Crippen LogP contribution in [0.3, 0.4) is 0 Å². The van der Waals surface area contributed by atoms with Gasteiger partial charge in [0, 0.05) is 0 Å². The van der Waals surface area contributed by atoms with Gasteiger partial charge in [0.25, 0.3) is 0 Å². The summed E-state index contributed by atoms with van der Waals surface area (Å²) in [5, 5.41) is 18.3. The molecular weight excluding hydrogens is 458 g/mol. The summed E-state index contributed by atoms with van der Waals surface area (Å²) in [6.07, 6.45) is -0.136. The first-order chi connectivity index (χ1) is 17.0. The molecule has 5 N–H and O–H groups in total. The molecule has 0 radical (unpaired) electrons. The molecule has 4 atom stereocenters. The van der Waals surface area contributed by atoms with Crippen molar-refractivity contribution >= 4 is 28.6 Å². The number of hydrogen-bond acceptors (Lipinski definition) is 6. The maximum Gasteiger partial charge on any atom is 0.308 e. The number of hydrogen-bond donors (Lipinski definition) is 4. The molecule has 198 valence electrons. The van der Waals surface area contributed by atoms with E-state index in [4.69, 9.17) is 5.73 Å². The Bertz CT molecular complexity index is 1020. The lowest BCUT2D eigenvalue weighted by Gasteiger charge is -2.29. The van der Waals surface area contributed by atoms with E-state index in [9.17, 15) is 19.5 Å². The van der Waals surface area contributed by atoms with Crippen molar-refractivity contribution in [1.82, 2.24) is 10.6 Å². The van der Waals surface area contributed by atoms with E-state index < -0.39 is 42.0 Å². The first kappa shape index (κ1) is 29.3. The number of amides is 2. The predicted molar refractivity (Wildman–Crippen MR) is 141 cm³/mol. The van der Waals surface area contributed by atoms with Crippen LogP contribution in [0.1, 0.15) is 52.5 Å². The zero-order valence-electron chi connectivity index (χ0n) is 22.0. The monoisotopic (exact) mass is 499 g/mol. The summed E-state index contributed by atoms with van der Waals surface area (Å²) in [4.78, 5) is 37.9. The Morgan fingerprint density at radius 1 is 0.917 bits per heavy atom. The van der Waals surface area contributed by atoms with E-state index in [1.54, 1.807) is 0 Å². The molecule has 0 unspecified atom stereocenters. The first-order valence-corrected chi connectivity index (χ1v) is 12.6. The minimum absolute atomic E-state index is 0.124. The van der Waals surface area contributed by atoms with Crippen LogP contribution in [-0.4, -0.2) is 54.2 Å². The molecule has 2 amide bonds. The van der Waals surface area contributed by atoms with E-state index in [1.807, 2.05) is 70.2 Å². The minimum Gasteiger partial charge on any atom is -0.469 e. The number of esters is 1. The number of carbonyl (C=O) groups excluding carboxylic acids is 3. The molecule has 0 aliphatic rings. The van der Waals surface area contributed by atoms with E-state index in [-0.39, 0.29) is 18.3 Å². The zero-order valence-corrected chi connectivity index (χ0v) is 22.0. The average molecular weight is 500 g/mol. The molecule has 0 bridgehead atoms. The smallest absolute Gasteiger partial charge is 0.308 e. The van der Waals surface area contributed by atoms with Crippen molar-refractivity contribution in [3.05, 3.63) is 48.0 Å². The Balaban J connectivity index is 2.12. The fraction of sp³-hybridized carbons (Fsp3) is 0.536. The van der Waals surface area contributed by atoms with E-state index in [0.717, 1.165) is 16.3 Å². The van der Waals surface area contributed by atoms with Crippen LogP contribution in [-0.2, 0) is 25.5 Å². The van der Waals surface area contributed by atoms with Crippen LogP contribution < -0.4 is 16.4 Å². The predicted octanol–water partition coefficient (Wildman–Crippen LogP) is 2.70. The second kappa shape index (κ2) is 13.9. The highest BCUT2D eigenvalue weighted by Gasteiger charge is 2.30. The maximum absolute atomic E-state index is 13.2. The number of rotatable bonds is 13. The van der Waals surface area contributed by atoms with E-state index in [2.05, 4.69) is 15.4 Å². The molecule has 0 aliphatic carbocycles. The van der Waals surface area contributed by atoms with Crippen molar-refractivity contribution in [2.24, 2.45) is 17.6 Å². The third kappa shape index (κ3) is 8.91. The second-order valence-corrected chi connectivity index (χ2v) is 10.2. The van der Waals surface area contributed by atoms with Crippen LogP contribution in [0.15, 0.2) is 42.5 Å². The van der Waals surface area contributed by atoms with Gasteiger partial charge >= 0.3 is 5.97 Å². The van der Waals surface area contributed by atoms with Gasteiger partial charge in [-0.05, 0) is 47.4 Å². The Morgan fingerprint density at radius 2 is 1.56 bits per heavy atom. The van der Waals surface area contributed by atoms with Gasteiger partial charge < -0.3 is 26.2 Å². The first-order valence-electron chi connectivity index (χ1n) is 12.6. The van der Waals surface area contributed by atoms with Gasteiger partial charge in [0.15, 0.2) is 0 Å². The van der Waals surface area contributed by atoms with Crippen LogP contribution in [0.2, 0.25) is 0 Å². The highest BCUT2D eigenvalue weighted by molar-refractivity contribution is 5.91. The molecule has 36 heavy (non-hydrogen) atoms. The van der Waals surface area contributed by atoms with Gasteiger partial charge in [-0.3, -0.25) is 14.4 Å². The van der Waals surface area contributed by atoms with Crippen LogP contribution in [0.5, 0.6) is 0 Å². The topological polar surface area (TPSA) is 131 Å². The summed E-state index contributed by atoms with van der Waals surface area (Å²) in [7, 11) is 1.25. The maximum atomic E-state index is 13.2. The molecule has 0 spiro atoms. The van der Waals surface area contributed by atoms with Gasteiger partial charge in [0.2, 0.25) is 11.8 Å². The summed E-state index contributed by atoms with van der Waals surface area (Å²) < 4.78 is 4.65. The summed E-state index contributed by atoms with van der Waals surface area (Å²) in [5.41, 5.74) is 7.23. The zero-order chi connectivity index (χ0) is 26.8. The second-order valence-electron chi connectivity index (χ2n) is 10.2. The summed E-state index contributed by atoms with van der Waals surface area (Å²) in [5.74, 6) is -1.10. The highest BCUT2D eigenvalue weighted by Crippen LogP contribution is 2.20. The average Bonchev–Trinajstić information content (AvgIpc) is 2.82. The molecule has 8 heteroatoms. The standard InChI is InChI=1S/C28H41N3O5/c1-17(2)13-23(25(32)16-26(33)36-5)30-28(35)24(14-18(3)4)31-27(34)22(29)15-20-11-8-10-19-9-6-7-12-21(19)20/h6-12,17-18,22-25,32H,13-16,29H2,1-5H3,(H,30,35)(H,31,34)/t22-,23-,24-,25-/m0/s1. The number of carbonyl (C=O) groups is 3. The molecule has 2 aromatic carbocycles. The van der Waals surface area contributed by atoms with Crippen LogP contribution in [0, 0.1) is 11.8 Å². The number of aliphatic hydroxyl groups excluding tert-OH is 1.